The number of amides is 3. The lowest BCUT2D eigenvalue weighted by atomic mass is 10.0. The Morgan fingerprint density at radius 1 is 1.03 bits per heavy atom. The lowest BCUT2D eigenvalue weighted by molar-refractivity contribution is -0.127. The summed E-state index contributed by atoms with van der Waals surface area (Å²) < 4.78 is 5.34. The molecule has 0 saturated heterocycles. The van der Waals surface area contributed by atoms with E-state index in [9.17, 15) is 14.4 Å². The van der Waals surface area contributed by atoms with Gasteiger partial charge in [-0.2, -0.15) is 0 Å². The van der Waals surface area contributed by atoms with Crippen LogP contribution >= 0.6 is 22.7 Å². The van der Waals surface area contributed by atoms with Gasteiger partial charge in [-0.15, -0.1) is 22.7 Å². The van der Waals surface area contributed by atoms with Gasteiger partial charge in [0.25, 0.3) is 11.8 Å². The Labute approximate surface area is 201 Å². The third kappa shape index (κ3) is 6.90. The number of hydrogen-bond donors (Lipinski definition) is 2. The van der Waals surface area contributed by atoms with Crippen molar-refractivity contribution in [2.75, 3.05) is 6.61 Å². The highest BCUT2D eigenvalue weighted by molar-refractivity contribution is 7.12. The average molecular weight is 486 g/mol. The minimum atomic E-state index is -0.869. The molecule has 9 heteroatoms. The predicted molar refractivity (Wildman–Crippen MR) is 130 cm³/mol. The van der Waals surface area contributed by atoms with Gasteiger partial charge in [0.15, 0.2) is 6.61 Å². The van der Waals surface area contributed by atoms with Crippen LogP contribution < -0.4 is 15.8 Å². The Bertz CT molecular complexity index is 1070. The van der Waals surface area contributed by atoms with Gasteiger partial charge >= 0.3 is 0 Å². The maximum absolute atomic E-state index is 13.5. The number of rotatable bonds is 9. The molecule has 1 atom stereocenters. The molecule has 3 amide bonds. The molecule has 1 aromatic carbocycles. The topological polar surface area (TPSA) is 102 Å². The van der Waals surface area contributed by atoms with E-state index in [2.05, 4.69) is 5.32 Å². The molecule has 0 spiro atoms. The Kier molecular flexibility index (Phi) is 7.88. The number of hydrogen-bond acceptors (Lipinski definition) is 6. The average Bonchev–Trinajstić information content (AvgIpc) is 3.45. The van der Waals surface area contributed by atoms with E-state index in [0.717, 1.165) is 4.88 Å². The second-order valence-corrected chi connectivity index (χ2v) is 10.4. The van der Waals surface area contributed by atoms with Crippen molar-refractivity contribution in [1.82, 2.24) is 10.2 Å². The number of thiophene rings is 2. The van der Waals surface area contributed by atoms with E-state index >= 15 is 0 Å². The van der Waals surface area contributed by atoms with Gasteiger partial charge in [-0.3, -0.25) is 14.4 Å². The monoisotopic (exact) mass is 485 g/mol. The number of nitrogens with two attached hydrogens (primary N) is 1. The van der Waals surface area contributed by atoms with Crippen LogP contribution in [0.1, 0.15) is 46.9 Å². The smallest absolute Gasteiger partial charge is 0.265 e. The molecule has 3 rings (SSSR count). The largest absolute Gasteiger partial charge is 0.484 e. The first-order valence-electron chi connectivity index (χ1n) is 10.3. The van der Waals surface area contributed by atoms with Gasteiger partial charge in [0.05, 0.1) is 11.4 Å². The first-order chi connectivity index (χ1) is 15.6. The van der Waals surface area contributed by atoms with Crippen LogP contribution in [0.5, 0.6) is 5.75 Å². The molecule has 0 fully saturated rings. The van der Waals surface area contributed by atoms with Crippen molar-refractivity contribution in [2.24, 2.45) is 5.73 Å². The zero-order valence-corrected chi connectivity index (χ0v) is 20.4. The predicted octanol–water partition coefficient (Wildman–Crippen LogP) is 3.97. The summed E-state index contributed by atoms with van der Waals surface area (Å²) in [5.41, 5.74) is 5.29. The molecule has 0 aliphatic rings. The van der Waals surface area contributed by atoms with Crippen LogP contribution in [-0.2, 0) is 16.1 Å². The second kappa shape index (κ2) is 10.6. The summed E-state index contributed by atoms with van der Waals surface area (Å²) in [6.07, 6.45) is 0. The van der Waals surface area contributed by atoms with Crippen LogP contribution in [-0.4, -0.2) is 34.8 Å². The standard InChI is InChI=1S/C24H27N3O4S2/c1-24(2,3)26-22(29)21(16-8-10-17(11-9-16)31-15-20(25)28)27(14-18-6-4-12-32-18)23(30)19-7-5-13-33-19/h4-13,21H,14-15H2,1-3H3,(H2,25,28)(H,26,29)/t21-/m1/s1. The van der Waals surface area contributed by atoms with Gasteiger partial charge in [0.1, 0.15) is 11.8 Å². The Morgan fingerprint density at radius 2 is 1.70 bits per heavy atom. The Balaban J connectivity index is 2.01. The van der Waals surface area contributed by atoms with E-state index in [1.165, 1.54) is 22.7 Å². The van der Waals surface area contributed by atoms with Crippen molar-refractivity contribution in [3.05, 3.63) is 74.6 Å². The molecule has 7 nitrogen and oxygen atoms in total. The van der Waals surface area contributed by atoms with Crippen LogP contribution in [0.25, 0.3) is 0 Å². The highest BCUT2D eigenvalue weighted by Crippen LogP contribution is 2.30. The van der Waals surface area contributed by atoms with Crippen LogP contribution in [0.3, 0.4) is 0 Å². The summed E-state index contributed by atoms with van der Waals surface area (Å²) >= 11 is 2.87. The number of carbonyl (C=O) groups excluding carboxylic acids is 3. The maximum Gasteiger partial charge on any atom is 0.265 e. The zero-order chi connectivity index (χ0) is 24.0. The van der Waals surface area contributed by atoms with Crippen molar-refractivity contribution in [3.63, 3.8) is 0 Å². The lowest BCUT2D eigenvalue weighted by Gasteiger charge is -2.33. The van der Waals surface area contributed by atoms with E-state index < -0.39 is 17.5 Å². The van der Waals surface area contributed by atoms with Crippen molar-refractivity contribution >= 4 is 40.4 Å². The minimum absolute atomic E-state index is 0.221. The van der Waals surface area contributed by atoms with E-state index in [0.29, 0.717) is 16.2 Å². The zero-order valence-electron chi connectivity index (χ0n) is 18.7. The molecule has 3 N–H and O–H groups in total. The molecule has 0 saturated carbocycles. The first-order valence-corrected chi connectivity index (χ1v) is 12.1. The fourth-order valence-electron chi connectivity index (χ4n) is 3.20. The SMILES string of the molecule is CC(C)(C)NC(=O)[C@@H](c1ccc(OCC(N)=O)cc1)N(Cc1cccs1)C(=O)c1cccs1. The molecule has 0 aliphatic heterocycles. The minimum Gasteiger partial charge on any atom is -0.484 e. The van der Waals surface area contributed by atoms with E-state index in [4.69, 9.17) is 10.5 Å². The number of primary amides is 1. The summed E-state index contributed by atoms with van der Waals surface area (Å²) in [5.74, 6) is -0.636. The molecule has 0 aliphatic carbocycles. The molecule has 0 bridgehead atoms. The number of nitrogens with one attached hydrogen (secondary N) is 1. The molecule has 33 heavy (non-hydrogen) atoms. The third-order valence-electron chi connectivity index (χ3n) is 4.53. The summed E-state index contributed by atoms with van der Waals surface area (Å²) in [5, 5.41) is 6.80. The van der Waals surface area contributed by atoms with Gasteiger partial charge in [-0.25, -0.2) is 0 Å². The van der Waals surface area contributed by atoms with Crippen molar-refractivity contribution < 1.29 is 19.1 Å². The summed E-state index contributed by atoms with van der Waals surface area (Å²) in [6, 6.07) is 13.3. The quantitative estimate of drug-likeness (QED) is 0.479. The summed E-state index contributed by atoms with van der Waals surface area (Å²) in [4.78, 5) is 41.2. The van der Waals surface area contributed by atoms with Gasteiger partial charge < -0.3 is 20.7 Å². The number of benzene rings is 1. The van der Waals surface area contributed by atoms with Gasteiger partial charge in [-0.1, -0.05) is 24.3 Å². The number of carbonyl (C=O) groups is 3. The third-order valence-corrected chi connectivity index (χ3v) is 6.25. The van der Waals surface area contributed by atoms with Crippen LogP contribution in [0.2, 0.25) is 0 Å². The molecule has 174 valence electrons. The van der Waals surface area contributed by atoms with Gasteiger partial charge in [0.2, 0.25) is 5.91 Å². The van der Waals surface area contributed by atoms with Gasteiger partial charge in [0, 0.05) is 10.4 Å². The van der Waals surface area contributed by atoms with Crippen molar-refractivity contribution in [3.8, 4) is 5.75 Å². The van der Waals surface area contributed by atoms with Gasteiger partial charge in [-0.05, 0) is 61.4 Å². The van der Waals surface area contributed by atoms with Crippen molar-refractivity contribution in [1.29, 1.82) is 0 Å². The fraction of sp³-hybridized carbons (Fsp3) is 0.292. The first kappa shape index (κ1) is 24.5. The molecule has 2 aromatic heterocycles. The Hall–Kier alpha value is -3.17. The summed E-state index contributed by atoms with van der Waals surface area (Å²) in [6.45, 7) is 5.74. The highest BCUT2D eigenvalue weighted by atomic mass is 32.1. The maximum atomic E-state index is 13.5. The summed E-state index contributed by atoms with van der Waals surface area (Å²) in [7, 11) is 0. The van der Waals surface area contributed by atoms with E-state index in [-0.39, 0.29) is 25.0 Å². The molecule has 0 radical (unpaired) electrons. The second-order valence-electron chi connectivity index (χ2n) is 8.46. The van der Waals surface area contributed by atoms with Crippen molar-refractivity contribution in [2.45, 2.75) is 38.9 Å². The fourth-order valence-corrected chi connectivity index (χ4v) is 4.59. The van der Waals surface area contributed by atoms with Crippen LogP contribution in [0.15, 0.2) is 59.3 Å². The highest BCUT2D eigenvalue weighted by Gasteiger charge is 2.34. The van der Waals surface area contributed by atoms with Crippen LogP contribution in [0, 0.1) is 0 Å². The normalized spacial score (nSPS) is 12.1. The van der Waals surface area contributed by atoms with E-state index in [1.807, 2.05) is 49.7 Å². The van der Waals surface area contributed by atoms with E-state index in [1.54, 1.807) is 35.2 Å². The molecule has 3 aromatic rings. The van der Waals surface area contributed by atoms with Crippen LogP contribution in [0.4, 0.5) is 0 Å². The molecule has 2 heterocycles. The molecular weight excluding hydrogens is 458 g/mol. The molecule has 0 unspecified atom stereocenters. The molecular formula is C24H27N3O4S2. The number of nitrogens with zero attached hydrogens (tertiary/aromatic N) is 1. The lowest BCUT2D eigenvalue weighted by Crippen LogP contribution is -2.49. The Morgan fingerprint density at radius 3 is 2.24 bits per heavy atom. The number of ether oxygens (including phenoxy) is 1.